The molecule has 0 amide bonds. The Morgan fingerprint density at radius 2 is 1.48 bits per heavy atom. The number of carbonyl (C=O) groups is 3. The molecule has 0 saturated heterocycles. The number of benzene rings is 4. The van der Waals surface area contributed by atoms with Crippen LogP contribution in [0.25, 0.3) is 21.8 Å². The first kappa shape index (κ1) is 29.3. The van der Waals surface area contributed by atoms with Gasteiger partial charge in [-0.3, -0.25) is 14.4 Å². The van der Waals surface area contributed by atoms with E-state index in [0.717, 1.165) is 33.2 Å². The van der Waals surface area contributed by atoms with Crippen molar-refractivity contribution in [3.63, 3.8) is 0 Å². The molecule has 42 heavy (non-hydrogen) atoms. The first-order valence-corrected chi connectivity index (χ1v) is 15.0. The summed E-state index contributed by atoms with van der Waals surface area (Å²) in [6.45, 7) is 3.99. The van der Waals surface area contributed by atoms with Crippen molar-refractivity contribution in [2.75, 3.05) is 12.4 Å². The maximum Gasteiger partial charge on any atom is 0.210 e. The average Bonchev–Trinajstić information content (AvgIpc) is 3.33. The molecule has 0 aliphatic carbocycles. The van der Waals surface area contributed by atoms with E-state index in [1.165, 1.54) is 6.92 Å². The molecule has 212 valence electrons. The van der Waals surface area contributed by atoms with E-state index in [0.29, 0.717) is 33.9 Å². The van der Waals surface area contributed by atoms with Gasteiger partial charge in [0.05, 0.1) is 0 Å². The molecule has 0 spiro atoms. The van der Waals surface area contributed by atoms with E-state index in [-0.39, 0.29) is 29.7 Å². The van der Waals surface area contributed by atoms with E-state index in [1.54, 1.807) is 30.0 Å². The third-order valence-corrected chi connectivity index (χ3v) is 8.13. The molecule has 0 atom stereocenters. The van der Waals surface area contributed by atoms with E-state index in [4.69, 9.17) is 16.4 Å². The number of thioether (sulfide) groups is 1. The lowest BCUT2D eigenvalue weighted by atomic mass is 9.99. The van der Waals surface area contributed by atoms with E-state index < -0.39 is 0 Å². The van der Waals surface area contributed by atoms with Gasteiger partial charge in [-0.05, 0) is 74.5 Å². The monoisotopic (exact) mass is 596 g/mol. The second-order valence-electron chi connectivity index (χ2n) is 9.80. The summed E-state index contributed by atoms with van der Waals surface area (Å²) < 4.78 is 2.17. The van der Waals surface area contributed by atoms with Gasteiger partial charge >= 0.3 is 0 Å². The number of carbonyl (C=O) groups excluding carboxylic acids is 3. The summed E-state index contributed by atoms with van der Waals surface area (Å²) in [6.07, 6.45) is 0.342. The van der Waals surface area contributed by atoms with Gasteiger partial charge in [0.15, 0.2) is 18.2 Å². The predicted octanol–water partition coefficient (Wildman–Crippen LogP) is 8.03. The fourth-order valence-corrected chi connectivity index (χ4v) is 5.83. The van der Waals surface area contributed by atoms with Crippen molar-refractivity contribution in [3.05, 3.63) is 113 Å². The van der Waals surface area contributed by atoms with Gasteiger partial charge in [0.2, 0.25) is 5.78 Å². The number of oxime groups is 1. The van der Waals surface area contributed by atoms with E-state index in [1.807, 2.05) is 72.8 Å². The van der Waals surface area contributed by atoms with Crippen molar-refractivity contribution in [2.45, 2.75) is 31.7 Å². The highest BCUT2D eigenvalue weighted by atomic mass is 35.5. The van der Waals surface area contributed by atoms with Crippen LogP contribution in [0.4, 0.5) is 0 Å². The van der Waals surface area contributed by atoms with Crippen LogP contribution in [-0.2, 0) is 16.2 Å². The Labute approximate surface area is 253 Å². The van der Waals surface area contributed by atoms with E-state index >= 15 is 0 Å². The molecular formula is C34H29ClN2O4S. The normalized spacial score (nSPS) is 11.6. The van der Waals surface area contributed by atoms with Crippen molar-refractivity contribution in [1.29, 1.82) is 0 Å². The highest BCUT2D eigenvalue weighted by Crippen LogP contribution is 2.32. The first-order valence-electron chi connectivity index (χ1n) is 13.6. The van der Waals surface area contributed by atoms with Crippen molar-refractivity contribution in [3.8, 4) is 0 Å². The fraction of sp³-hybridized carbons (Fsp3) is 0.176. The van der Waals surface area contributed by atoms with Crippen LogP contribution in [-0.4, -0.2) is 40.0 Å². The number of ketones is 3. The molecule has 0 fully saturated rings. The second kappa shape index (κ2) is 13.2. The number of rotatable bonds is 12. The highest BCUT2D eigenvalue weighted by Gasteiger charge is 2.19. The Bertz CT molecular complexity index is 1810. The molecule has 8 heteroatoms. The zero-order valence-corrected chi connectivity index (χ0v) is 24.9. The number of hydrogen-bond donors (Lipinski definition) is 0. The zero-order chi connectivity index (χ0) is 29.6. The number of fused-ring (bicyclic) bond motifs is 3. The topological polar surface area (TPSA) is 77.7 Å². The van der Waals surface area contributed by atoms with Crippen LogP contribution in [0.3, 0.4) is 0 Å². The van der Waals surface area contributed by atoms with Gasteiger partial charge < -0.3 is 9.40 Å². The summed E-state index contributed by atoms with van der Waals surface area (Å²) in [4.78, 5) is 44.6. The van der Waals surface area contributed by atoms with Gasteiger partial charge in [-0.2, -0.15) is 0 Å². The molecule has 1 heterocycles. The van der Waals surface area contributed by atoms with Crippen LogP contribution in [0.2, 0.25) is 5.02 Å². The Hall–Kier alpha value is -4.20. The van der Waals surface area contributed by atoms with E-state index in [9.17, 15) is 14.4 Å². The minimum atomic E-state index is -0.272. The SMILES string of the molecule is CCn1c2ccc(C(=O)C(CCSc3ccc(Cl)cc3)=NOCC(C)=O)cc2c2cc(C(=O)c3ccccc3)ccc21. The number of aromatic nitrogens is 1. The molecule has 0 saturated carbocycles. The van der Waals surface area contributed by atoms with Crippen LogP contribution in [0.5, 0.6) is 0 Å². The summed E-state index contributed by atoms with van der Waals surface area (Å²) in [6, 6.07) is 28.0. The number of Topliss-reactive ketones (excluding diaryl/α,β-unsaturated/α-hetero) is 2. The first-order chi connectivity index (χ1) is 20.4. The number of nitrogens with zero attached hydrogens (tertiary/aromatic N) is 2. The smallest absolute Gasteiger partial charge is 0.210 e. The summed E-state index contributed by atoms with van der Waals surface area (Å²) in [5.74, 6) is 0.0667. The quantitative estimate of drug-likeness (QED) is 0.0630. The minimum absolute atomic E-state index is 0.0580. The molecular weight excluding hydrogens is 568 g/mol. The fourth-order valence-electron chi connectivity index (χ4n) is 4.85. The summed E-state index contributed by atoms with van der Waals surface area (Å²) in [5.41, 5.74) is 3.85. The Morgan fingerprint density at radius 3 is 2.12 bits per heavy atom. The summed E-state index contributed by atoms with van der Waals surface area (Å²) >= 11 is 7.57. The predicted molar refractivity (Wildman–Crippen MR) is 170 cm³/mol. The number of hydrogen-bond acceptors (Lipinski definition) is 6. The molecule has 0 N–H and O–H groups in total. The zero-order valence-electron chi connectivity index (χ0n) is 23.3. The van der Waals surface area contributed by atoms with Gasteiger partial charge in [-0.1, -0.05) is 47.1 Å². The summed E-state index contributed by atoms with van der Waals surface area (Å²) in [7, 11) is 0. The molecule has 5 aromatic rings. The average molecular weight is 597 g/mol. The Kier molecular flexibility index (Phi) is 9.20. The van der Waals surface area contributed by atoms with Crippen molar-refractivity contribution in [2.24, 2.45) is 5.16 Å². The molecule has 0 radical (unpaired) electrons. The molecule has 0 unspecified atom stereocenters. The Balaban J connectivity index is 1.48. The van der Waals surface area contributed by atoms with Crippen LogP contribution >= 0.6 is 23.4 Å². The largest absolute Gasteiger partial charge is 0.387 e. The van der Waals surface area contributed by atoms with Gasteiger partial charge in [-0.15, -0.1) is 11.8 Å². The maximum atomic E-state index is 13.7. The second-order valence-corrected chi connectivity index (χ2v) is 11.4. The maximum absolute atomic E-state index is 13.7. The number of halogens is 1. The van der Waals surface area contributed by atoms with Gasteiger partial charge in [0.1, 0.15) is 5.71 Å². The molecule has 6 nitrogen and oxygen atoms in total. The van der Waals surface area contributed by atoms with Crippen molar-refractivity contribution in [1.82, 2.24) is 4.57 Å². The van der Waals surface area contributed by atoms with Crippen molar-refractivity contribution < 1.29 is 19.2 Å². The minimum Gasteiger partial charge on any atom is -0.387 e. The van der Waals surface area contributed by atoms with Gasteiger partial charge in [-0.25, -0.2) is 0 Å². The van der Waals surface area contributed by atoms with Crippen LogP contribution in [0.1, 0.15) is 46.5 Å². The van der Waals surface area contributed by atoms with E-state index in [2.05, 4.69) is 16.6 Å². The highest BCUT2D eigenvalue weighted by molar-refractivity contribution is 7.99. The Morgan fingerprint density at radius 1 is 0.833 bits per heavy atom. The lowest BCUT2D eigenvalue weighted by Crippen LogP contribution is -2.17. The lowest BCUT2D eigenvalue weighted by molar-refractivity contribution is -0.121. The molecule has 5 rings (SSSR count). The number of aryl methyl sites for hydroxylation is 1. The summed E-state index contributed by atoms with van der Waals surface area (Å²) in [5, 5.41) is 6.51. The van der Waals surface area contributed by atoms with Gasteiger partial charge in [0.25, 0.3) is 0 Å². The standard InChI is InChI=1S/C34H29ClN2O4S/c1-3-37-31-15-9-24(33(39)23-7-5-4-6-8-23)19-28(31)29-20-25(10-16-32(29)37)34(40)30(36-41-21-22(2)38)17-18-42-27-13-11-26(35)12-14-27/h4-16,19-20H,3,17-18,21H2,1-2H3. The molecule has 0 aliphatic rings. The third-order valence-electron chi connectivity index (χ3n) is 6.87. The molecule has 0 aliphatic heterocycles. The van der Waals surface area contributed by atoms with Crippen molar-refractivity contribution >= 4 is 68.2 Å². The van der Waals surface area contributed by atoms with Gasteiger partial charge in [0, 0.05) is 67.1 Å². The third kappa shape index (κ3) is 6.48. The van der Waals surface area contributed by atoms with Crippen LogP contribution < -0.4 is 0 Å². The molecule has 0 bridgehead atoms. The molecule has 4 aromatic carbocycles. The lowest BCUT2D eigenvalue weighted by Gasteiger charge is -2.08. The molecule has 1 aromatic heterocycles. The van der Waals surface area contributed by atoms with Crippen LogP contribution in [0.15, 0.2) is 101 Å². The van der Waals surface area contributed by atoms with Crippen LogP contribution in [0, 0.1) is 0 Å².